The highest BCUT2D eigenvalue weighted by Gasteiger charge is 2.27. The van der Waals surface area contributed by atoms with Crippen molar-refractivity contribution in [3.8, 4) is 12.3 Å². The normalized spacial score (nSPS) is 19.1. The molecule has 4 heteroatoms. The standard InChI is InChI=1S/C12H18N4/c1-3-9(2)15-11(6-13)12-7-14-8-16(12)10-4-5-10/h1,7-11,15H,4-6,13H2,2H3. The van der Waals surface area contributed by atoms with Gasteiger partial charge in [-0.25, -0.2) is 4.98 Å². The fourth-order valence-corrected chi connectivity index (χ4v) is 1.87. The summed E-state index contributed by atoms with van der Waals surface area (Å²) in [5.41, 5.74) is 6.93. The van der Waals surface area contributed by atoms with E-state index in [1.54, 1.807) is 0 Å². The number of hydrogen-bond donors (Lipinski definition) is 2. The molecule has 2 atom stereocenters. The molecule has 0 aromatic carbocycles. The fraction of sp³-hybridized carbons (Fsp3) is 0.583. The van der Waals surface area contributed by atoms with E-state index in [0.717, 1.165) is 5.69 Å². The van der Waals surface area contributed by atoms with Crippen LogP contribution >= 0.6 is 0 Å². The Morgan fingerprint density at radius 1 is 1.75 bits per heavy atom. The maximum Gasteiger partial charge on any atom is 0.0951 e. The second-order valence-corrected chi connectivity index (χ2v) is 4.30. The van der Waals surface area contributed by atoms with E-state index in [0.29, 0.717) is 12.6 Å². The van der Waals surface area contributed by atoms with Gasteiger partial charge in [0.2, 0.25) is 0 Å². The van der Waals surface area contributed by atoms with E-state index in [-0.39, 0.29) is 12.1 Å². The molecule has 0 aliphatic heterocycles. The molecule has 16 heavy (non-hydrogen) atoms. The van der Waals surface area contributed by atoms with E-state index in [2.05, 4.69) is 20.8 Å². The lowest BCUT2D eigenvalue weighted by Gasteiger charge is -2.20. The molecule has 86 valence electrons. The van der Waals surface area contributed by atoms with Crippen molar-refractivity contribution in [2.75, 3.05) is 6.54 Å². The quantitative estimate of drug-likeness (QED) is 0.720. The van der Waals surface area contributed by atoms with E-state index in [1.165, 1.54) is 12.8 Å². The maximum atomic E-state index is 5.78. The highest BCUT2D eigenvalue weighted by Crippen LogP contribution is 2.36. The third-order valence-corrected chi connectivity index (χ3v) is 2.93. The van der Waals surface area contributed by atoms with Crippen molar-refractivity contribution in [2.24, 2.45) is 5.73 Å². The molecule has 3 N–H and O–H groups in total. The van der Waals surface area contributed by atoms with Crippen LogP contribution in [-0.2, 0) is 0 Å². The minimum Gasteiger partial charge on any atom is -0.330 e. The zero-order valence-corrected chi connectivity index (χ0v) is 9.56. The first-order valence-corrected chi connectivity index (χ1v) is 5.70. The van der Waals surface area contributed by atoms with Crippen molar-refractivity contribution >= 4 is 0 Å². The topological polar surface area (TPSA) is 55.9 Å². The van der Waals surface area contributed by atoms with E-state index in [4.69, 9.17) is 12.2 Å². The molecule has 1 fully saturated rings. The average Bonchev–Trinajstić information content (AvgIpc) is 3.04. The summed E-state index contributed by atoms with van der Waals surface area (Å²) in [6.45, 7) is 2.49. The lowest BCUT2D eigenvalue weighted by Crippen LogP contribution is -2.35. The van der Waals surface area contributed by atoms with E-state index >= 15 is 0 Å². The van der Waals surface area contributed by atoms with Gasteiger partial charge in [0, 0.05) is 18.8 Å². The van der Waals surface area contributed by atoms with Crippen molar-refractivity contribution in [1.29, 1.82) is 0 Å². The number of nitrogens with zero attached hydrogens (tertiary/aromatic N) is 2. The van der Waals surface area contributed by atoms with Crippen molar-refractivity contribution in [3.63, 3.8) is 0 Å². The average molecular weight is 218 g/mol. The minimum absolute atomic E-state index is 0.0242. The van der Waals surface area contributed by atoms with Gasteiger partial charge in [-0.1, -0.05) is 5.92 Å². The third-order valence-electron chi connectivity index (χ3n) is 2.93. The first-order chi connectivity index (χ1) is 7.76. The highest BCUT2D eigenvalue weighted by molar-refractivity contribution is 5.11. The predicted octanol–water partition coefficient (Wildman–Crippen LogP) is 0.829. The van der Waals surface area contributed by atoms with Crippen molar-refractivity contribution < 1.29 is 0 Å². The smallest absolute Gasteiger partial charge is 0.0951 e. The third kappa shape index (κ3) is 2.26. The van der Waals surface area contributed by atoms with Crippen molar-refractivity contribution in [2.45, 2.75) is 37.9 Å². The maximum absolute atomic E-state index is 5.78. The van der Waals surface area contributed by atoms with Gasteiger partial charge in [0.25, 0.3) is 0 Å². The molecule has 0 amide bonds. The van der Waals surface area contributed by atoms with Crippen LogP contribution < -0.4 is 11.1 Å². The first kappa shape index (κ1) is 11.2. The Hall–Kier alpha value is -1.31. The Kier molecular flexibility index (Phi) is 3.28. The van der Waals surface area contributed by atoms with Gasteiger partial charge in [0.15, 0.2) is 0 Å². The van der Waals surface area contributed by atoms with E-state index < -0.39 is 0 Å². The molecule has 1 aromatic heterocycles. The number of nitrogens with two attached hydrogens (primary N) is 1. The van der Waals surface area contributed by atoms with Crippen LogP contribution in [0, 0.1) is 12.3 Å². The summed E-state index contributed by atoms with van der Waals surface area (Å²) < 4.78 is 2.22. The van der Waals surface area contributed by atoms with Crippen LogP contribution in [0.5, 0.6) is 0 Å². The Morgan fingerprint density at radius 3 is 3.06 bits per heavy atom. The van der Waals surface area contributed by atoms with E-state index in [1.807, 2.05) is 19.4 Å². The number of hydrogen-bond acceptors (Lipinski definition) is 3. The monoisotopic (exact) mass is 218 g/mol. The van der Waals surface area contributed by atoms with Gasteiger partial charge in [-0.2, -0.15) is 0 Å². The largest absolute Gasteiger partial charge is 0.330 e. The first-order valence-electron chi connectivity index (χ1n) is 5.70. The Morgan fingerprint density at radius 2 is 2.50 bits per heavy atom. The van der Waals surface area contributed by atoms with Gasteiger partial charge in [-0.15, -0.1) is 6.42 Å². The van der Waals surface area contributed by atoms with Gasteiger partial charge in [-0.3, -0.25) is 5.32 Å². The zero-order chi connectivity index (χ0) is 11.5. The SMILES string of the molecule is C#CC(C)NC(CN)c1cncn1C1CC1. The Balaban J connectivity index is 2.13. The molecular weight excluding hydrogens is 200 g/mol. The number of rotatable bonds is 5. The molecule has 1 saturated carbocycles. The fourth-order valence-electron chi connectivity index (χ4n) is 1.87. The molecule has 1 heterocycles. The summed E-state index contributed by atoms with van der Waals surface area (Å²) in [7, 11) is 0. The van der Waals surface area contributed by atoms with E-state index in [9.17, 15) is 0 Å². The van der Waals surface area contributed by atoms with Crippen LogP contribution in [0.25, 0.3) is 0 Å². The molecule has 0 saturated heterocycles. The molecule has 0 bridgehead atoms. The van der Waals surface area contributed by atoms with Gasteiger partial charge < -0.3 is 10.3 Å². The molecule has 0 radical (unpaired) electrons. The van der Waals surface area contributed by atoms with Crippen LogP contribution in [0.3, 0.4) is 0 Å². The lowest BCUT2D eigenvalue weighted by molar-refractivity contribution is 0.484. The highest BCUT2D eigenvalue weighted by atomic mass is 15.1. The summed E-state index contributed by atoms with van der Waals surface area (Å²) in [5, 5.41) is 3.32. The van der Waals surface area contributed by atoms with Crippen LogP contribution in [-0.4, -0.2) is 22.1 Å². The lowest BCUT2D eigenvalue weighted by atomic mass is 10.2. The molecular formula is C12H18N4. The molecule has 0 spiro atoms. The van der Waals surface area contributed by atoms with Gasteiger partial charge >= 0.3 is 0 Å². The van der Waals surface area contributed by atoms with Crippen molar-refractivity contribution in [1.82, 2.24) is 14.9 Å². The molecule has 4 nitrogen and oxygen atoms in total. The van der Waals surface area contributed by atoms with Crippen LogP contribution in [0.15, 0.2) is 12.5 Å². The minimum atomic E-state index is 0.0242. The number of aromatic nitrogens is 2. The zero-order valence-electron chi connectivity index (χ0n) is 9.56. The van der Waals surface area contributed by atoms with Crippen LogP contribution in [0.2, 0.25) is 0 Å². The summed E-state index contributed by atoms with van der Waals surface area (Å²) in [4.78, 5) is 4.20. The van der Waals surface area contributed by atoms with Gasteiger partial charge in [0.05, 0.1) is 24.1 Å². The predicted molar refractivity (Wildman–Crippen MR) is 63.7 cm³/mol. The molecule has 2 rings (SSSR count). The van der Waals surface area contributed by atoms with Gasteiger partial charge in [0.1, 0.15) is 0 Å². The second kappa shape index (κ2) is 4.69. The number of nitrogens with one attached hydrogen (secondary N) is 1. The van der Waals surface area contributed by atoms with Crippen LogP contribution in [0.1, 0.15) is 37.5 Å². The summed E-state index contributed by atoms with van der Waals surface area (Å²) >= 11 is 0. The Labute approximate surface area is 96.2 Å². The summed E-state index contributed by atoms with van der Waals surface area (Å²) in [6.07, 6.45) is 11.6. The molecule has 1 aromatic rings. The number of terminal acetylenes is 1. The van der Waals surface area contributed by atoms with Crippen molar-refractivity contribution in [3.05, 3.63) is 18.2 Å². The number of imidazole rings is 1. The molecule has 1 aliphatic rings. The molecule has 2 unspecified atom stereocenters. The second-order valence-electron chi connectivity index (χ2n) is 4.30. The molecule has 1 aliphatic carbocycles. The van der Waals surface area contributed by atoms with Gasteiger partial charge in [-0.05, 0) is 19.8 Å². The van der Waals surface area contributed by atoms with Crippen LogP contribution in [0.4, 0.5) is 0 Å². The Bertz CT molecular complexity index is 386. The summed E-state index contributed by atoms with van der Waals surface area (Å²) in [6, 6.07) is 0.736. The summed E-state index contributed by atoms with van der Waals surface area (Å²) in [5.74, 6) is 2.66.